The van der Waals surface area contributed by atoms with Crippen molar-refractivity contribution in [3.8, 4) is 23.0 Å². The molecule has 3 unspecified atom stereocenters. The molecular formula is C42H42N2O6. The van der Waals surface area contributed by atoms with E-state index < -0.39 is 12.0 Å². The minimum Gasteiger partial charge on any atom is -0.670 e. The molecule has 0 radical (unpaired) electrons. The zero-order valence-electron chi connectivity index (χ0n) is 28.3. The first-order chi connectivity index (χ1) is 24.3. The fourth-order valence-electron chi connectivity index (χ4n) is 6.98. The van der Waals surface area contributed by atoms with Gasteiger partial charge in [-0.25, -0.2) is 0 Å². The number of aliphatic imine (C=N–C) groups is 1. The summed E-state index contributed by atoms with van der Waals surface area (Å²) < 4.78 is 11.1. The van der Waals surface area contributed by atoms with E-state index in [1.165, 1.54) is 7.11 Å². The Kier molecular flexibility index (Phi) is 10.9. The highest BCUT2D eigenvalue weighted by Crippen LogP contribution is 2.38. The quantitative estimate of drug-likeness (QED) is 0.0971. The maximum atomic E-state index is 14.1. The number of methoxy groups -OCH3 is 2. The van der Waals surface area contributed by atoms with Crippen LogP contribution in [0.25, 0.3) is 10.8 Å². The van der Waals surface area contributed by atoms with Crippen LogP contribution in [0.3, 0.4) is 0 Å². The number of hydrogen-bond acceptors (Lipinski definition) is 7. The Morgan fingerprint density at radius 3 is 2.44 bits per heavy atom. The molecular weight excluding hydrogens is 628 g/mol. The predicted molar refractivity (Wildman–Crippen MR) is 195 cm³/mol. The molecule has 6 rings (SSSR count). The number of fused-ring (bicyclic) bond motifs is 1. The van der Waals surface area contributed by atoms with Gasteiger partial charge in [-0.2, -0.15) is 12.4 Å². The lowest BCUT2D eigenvalue weighted by atomic mass is 9.81. The SMILES string of the molecule is COc1cc(CC(CC2=C[CH+]N=C2)C(=O)CC(O)C(Cc2cc[n-]c2)Cc2ccc(O)c(OC)c2Cc2cccc3ccccc23)ccc1O. The molecule has 1 aromatic heterocycles. The zero-order valence-corrected chi connectivity index (χ0v) is 28.3. The van der Waals surface area contributed by atoms with Crippen molar-refractivity contribution in [3.05, 3.63) is 137 Å². The lowest BCUT2D eigenvalue weighted by molar-refractivity contribution is -0.125. The Balaban J connectivity index is 1.29. The van der Waals surface area contributed by atoms with E-state index in [1.807, 2.05) is 36.4 Å². The second-order valence-electron chi connectivity index (χ2n) is 12.9. The first-order valence-electron chi connectivity index (χ1n) is 16.8. The number of benzene rings is 4. The molecule has 50 heavy (non-hydrogen) atoms. The number of hydrogen-bond donors (Lipinski definition) is 3. The minimum atomic E-state index is -0.961. The highest BCUT2D eigenvalue weighted by molar-refractivity contribution is 5.87. The van der Waals surface area contributed by atoms with E-state index in [0.29, 0.717) is 43.6 Å². The number of carbonyl (C=O) groups excluding carboxylic acids is 1. The van der Waals surface area contributed by atoms with Crippen molar-refractivity contribution in [3.63, 3.8) is 0 Å². The number of phenols is 2. The number of aromatic nitrogens is 1. The lowest BCUT2D eigenvalue weighted by Gasteiger charge is -2.26. The molecule has 1 aliphatic heterocycles. The number of rotatable bonds is 16. The smallest absolute Gasteiger partial charge is 0.176 e. The van der Waals surface area contributed by atoms with Gasteiger partial charge in [-0.15, -0.1) is 4.99 Å². The average Bonchev–Trinajstić information content (AvgIpc) is 3.84. The van der Waals surface area contributed by atoms with E-state index in [4.69, 9.17) is 9.47 Å². The summed E-state index contributed by atoms with van der Waals surface area (Å²) >= 11 is 0. The first kappa shape index (κ1) is 34.4. The van der Waals surface area contributed by atoms with Crippen LogP contribution in [0.1, 0.15) is 40.7 Å². The van der Waals surface area contributed by atoms with Gasteiger partial charge in [0.1, 0.15) is 17.9 Å². The number of aromatic hydroxyl groups is 2. The number of Topliss-reactive ketones (excluding diaryl/α,β-unsaturated/α-hetero) is 1. The number of nitrogens with zero attached hydrogens (tertiary/aromatic N) is 2. The normalized spacial score (nSPS) is 14.2. The molecule has 2 heterocycles. The van der Waals surface area contributed by atoms with Crippen molar-refractivity contribution in [1.29, 1.82) is 0 Å². The second-order valence-corrected chi connectivity index (χ2v) is 12.9. The number of ether oxygens (including phenoxy) is 2. The predicted octanol–water partition coefficient (Wildman–Crippen LogP) is 6.96. The molecule has 4 aromatic carbocycles. The van der Waals surface area contributed by atoms with Gasteiger partial charge in [0.25, 0.3) is 0 Å². The van der Waals surface area contributed by atoms with Crippen LogP contribution in [0, 0.1) is 18.4 Å². The zero-order chi connectivity index (χ0) is 35.0. The number of carbonyl (C=O) groups is 1. The van der Waals surface area contributed by atoms with Crippen molar-refractivity contribution >= 4 is 22.8 Å². The van der Waals surface area contributed by atoms with Gasteiger partial charge in [0, 0.05) is 30.7 Å². The summed E-state index contributed by atoms with van der Waals surface area (Å²) in [6.07, 6.45) is 8.53. The van der Waals surface area contributed by atoms with Crippen LogP contribution in [-0.4, -0.2) is 47.6 Å². The van der Waals surface area contributed by atoms with E-state index in [1.54, 1.807) is 56.5 Å². The molecule has 3 N–H and O–H groups in total. The van der Waals surface area contributed by atoms with Crippen LogP contribution in [0.2, 0.25) is 0 Å². The molecule has 0 aliphatic carbocycles. The van der Waals surface area contributed by atoms with Gasteiger partial charge in [0.2, 0.25) is 0 Å². The second kappa shape index (κ2) is 15.8. The highest BCUT2D eigenvalue weighted by atomic mass is 16.5. The molecule has 8 nitrogen and oxygen atoms in total. The van der Waals surface area contributed by atoms with Gasteiger partial charge in [-0.05, 0) is 70.8 Å². The average molecular weight is 671 g/mol. The largest absolute Gasteiger partial charge is 0.670 e. The van der Waals surface area contributed by atoms with Gasteiger partial charge in [-0.3, -0.25) is 4.79 Å². The lowest BCUT2D eigenvalue weighted by Crippen LogP contribution is -2.31. The molecule has 0 fully saturated rings. The van der Waals surface area contributed by atoms with Gasteiger partial charge in [0.05, 0.1) is 26.4 Å². The number of aliphatic hydroxyl groups excluding tert-OH is 1. The first-order valence-corrected chi connectivity index (χ1v) is 16.8. The van der Waals surface area contributed by atoms with Crippen LogP contribution < -0.4 is 14.5 Å². The molecule has 1 aliphatic rings. The van der Waals surface area contributed by atoms with E-state index in [9.17, 15) is 20.1 Å². The van der Waals surface area contributed by atoms with Crippen LogP contribution in [-0.2, 0) is 30.5 Å². The fraction of sp³-hybridized carbons (Fsp3) is 0.262. The molecule has 0 saturated heterocycles. The molecule has 0 spiro atoms. The molecule has 0 saturated carbocycles. The summed E-state index contributed by atoms with van der Waals surface area (Å²) in [5.41, 5.74) is 5.63. The van der Waals surface area contributed by atoms with Crippen LogP contribution in [0.15, 0.2) is 108 Å². The Morgan fingerprint density at radius 2 is 1.68 bits per heavy atom. The monoisotopic (exact) mass is 670 g/mol. The van der Waals surface area contributed by atoms with Crippen LogP contribution in [0.5, 0.6) is 23.0 Å². The Morgan fingerprint density at radius 1 is 0.860 bits per heavy atom. The van der Waals surface area contributed by atoms with Crippen LogP contribution >= 0.6 is 0 Å². The van der Waals surface area contributed by atoms with Crippen molar-refractivity contribution in [2.75, 3.05) is 14.2 Å². The fourth-order valence-corrected chi connectivity index (χ4v) is 6.98. The number of allylic oxidation sites excluding steroid dienone is 1. The van der Waals surface area contributed by atoms with Gasteiger partial charge in [-0.1, -0.05) is 66.2 Å². The Labute approximate surface area is 292 Å². The number of aliphatic hydroxyl groups is 1. The summed E-state index contributed by atoms with van der Waals surface area (Å²) in [7, 11) is 3.05. The molecule has 3 atom stereocenters. The standard InChI is InChI=1S/C42H42N2O6/c1-49-41-21-27(10-12-37(41)45)18-33(19-28-14-16-43-25-28)39(47)24-40(48)34(20-29-15-17-44-26-29)22-32-11-13-38(46)42(50-2)36(32)23-31-8-5-7-30-6-3-4-9-35(30)31/h3-17,21,25-26,33-34,40,45-46,48H,18-20,22-24H2,1-2H3. The third-order valence-electron chi connectivity index (χ3n) is 9.62. The third-order valence-corrected chi connectivity index (χ3v) is 9.62. The number of phenolic OH excluding ortho intramolecular Hbond substituents is 2. The Hall–Kier alpha value is -5.47. The van der Waals surface area contributed by atoms with E-state index in [0.717, 1.165) is 44.2 Å². The van der Waals surface area contributed by atoms with Crippen molar-refractivity contribution in [1.82, 2.24) is 4.98 Å². The molecule has 256 valence electrons. The molecule has 0 amide bonds. The maximum absolute atomic E-state index is 14.1. The number of ketones is 1. The summed E-state index contributed by atoms with van der Waals surface area (Å²) in [6.45, 7) is 1.71. The Bertz CT molecular complexity index is 1990. The molecule has 0 bridgehead atoms. The summed E-state index contributed by atoms with van der Waals surface area (Å²) in [6, 6.07) is 25.0. The molecule has 5 aromatic rings. The molecule has 8 heteroatoms. The third kappa shape index (κ3) is 8.04. The minimum absolute atomic E-state index is 0.0327. The maximum Gasteiger partial charge on any atom is 0.176 e. The topological polar surface area (TPSA) is 123 Å². The van der Waals surface area contributed by atoms with E-state index in [2.05, 4.69) is 34.2 Å². The van der Waals surface area contributed by atoms with Gasteiger partial charge in [0.15, 0.2) is 29.2 Å². The van der Waals surface area contributed by atoms with Crippen molar-refractivity contribution in [2.45, 2.75) is 44.6 Å². The van der Waals surface area contributed by atoms with E-state index >= 15 is 0 Å². The summed E-state index contributed by atoms with van der Waals surface area (Å²) in [4.78, 5) is 22.5. The van der Waals surface area contributed by atoms with Gasteiger partial charge >= 0.3 is 0 Å². The highest BCUT2D eigenvalue weighted by Gasteiger charge is 2.30. The van der Waals surface area contributed by atoms with E-state index in [-0.39, 0.29) is 29.6 Å². The summed E-state index contributed by atoms with van der Waals surface area (Å²) in [5, 5.41) is 35.1. The van der Waals surface area contributed by atoms with Crippen molar-refractivity contribution in [2.24, 2.45) is 16.8 Å². The van der Waals surface area contributed by atoms with Crippen molar-refractivity contribution < 1.29 is 29.6 Å². The van der Waals surface area contributed by atoms with Crippen LogP contribution in [0.4, 0.5) is 0 Å². The van der Waals surface area contributed by atoms with Gasteiger partial charge < -0.3 is 29.8 Å². The summed E-state index contributed by atoms with van der Waals surface area (Å²) in [5.74, 6) is 0.00694.